The van der Waals surface area contributed by atoms with E-state index in [1.54, 1.807) is 43.5 Å². The van der Waals surface area contributed by atoms with Crippen molar-refractivity contribution in [3.8, 4) is 5.75 Å². The molecule has 0 spiro atoms. The van der Waals surface area contributed by atoms with Crippen molar-refractivity contribution < 1.29 is 9.53 Å². The van der Waals surface area contributed by atoms with E-state index in [-0.39, 0.29) is 23.3 Å². The average Bonchev–Trinajstić information content (AvgIpc) is 2.71. The van der Waals surface area contributed by atoms with Gasteiger partial charge in [0.2, 0.25) is 3.79 Å². The third-order valence-corrected chi connectivity index (χ3v) is 6.42. The lowest BCUT2D eigenvalue weighted by atomic mass is 9.83. The summed E-state index contributed by atoms with van der Waals surface area (Å²) >= 11 is 18.9. The number of benzene rings is 1. The van der Waals surface area contributed by atoms with Crippen molar-refractivity contribution in [2.45, 2.75) is 28.8 Å². The summed E-state index contributed by atoms with van der Waals surface area (Å²) in [5, 5.41) is 2.89. The van der Waals surface area contributed by atoms with E-state index in [0.717, 1.165) is 12.1 Å². The van der Waals surface area contributed by atoms with Gasteiger partial charge >= 0.3 is 0 Å². The molecule has 6 nitrogen and oxygen atoms in total. The van der Waals surface area contributed by atoms with Crippen LogP contribution in [0.15, 0.2) is 47.3 Å². The molecule has 0 aliphatic carbocycles. The first-order chi connectivity index (χ1) is 14.3. The van der Waals surface area contributed by atoms with Crippen molar-refractivity contribution in [1.82, 2.24) is 14.8 Å². The van der Waals surface area contributed by atoms with E-state index >= 15 is 0 Å². The van der Waals surface area contributed by atoms with Crippen LogP contribution in [0.3, 0.4) is 0 Å². The maximum atomic E-state index is 12.8. The minimum atomic E-state index is -1.72. The molecule has 9 heteroatoms. The van der Waals surface area contributed by atoms with E-state index < -0.39 is 9.96 Å². The molecule has 3 heterocycles. The number of hydrogen-bond acceptors (Lipinski definition) is 4. The van der Waals surface area contributed by atoms with E-state index in [2.05, 4.69) is 5.32 Å². The predicted molar refractivity (Wildman–Crippen MR) is 118 cm³/mol. The zero-order valence-electron chi connectivity index (χ0n) is 16.4. The van der Waals surface area contributed by atoms with Crippen LogP contribution in [0.1, 0.15) is 28.4 Å². The third kappa shape index (κ3) is 4.33. The molecule has 0 saturated carbocycles. The molecule has 0 unspecified atom stereocenters. The average molecular weight is 471 g/mol. The number of carbonyl (C=O) groups excluding carboxylic acids is 1. The summed E-state index contributed by atoms with van der Waals surface area (Å²) in [7, 11) is 1.56. The smallest absolute Gasteiger partial charge is 0.252 e. The molecular formula is C21H22Cl3N3O3. The van der Waals surface area contributed by atoms with Gasteiger partial charge in [-0.3, -0.25) is 14.5 Å². The van der Waals surface area contributed by atoms with Crippen molar-refractivity contribution in [1.29, 1.82) is 0 Å². The molecule has 2 aromatic rings. The number of rotatable bonds is 4. The monoisotopic (exact) mass is 469 g/mol. The first-order valence-corrected chi connectivity index (χ1v) is 10.8. The number of amides is 1. The largest absolute Gasteiger partial charge is 0.497 e. The zero-order chi connectivity index (χ0) is 21.5. The summed E-state index contributed by atoms with van der Waals surface area (Å²) in [6.07, 6.45) is 0.170. The maximum absolute atomic E-state index is 12.8. The van der Waals surface area contributed by atoms with Gasteiger partial charge in [-0.2, -0.15) is 0 Å². The van der Waals surface area contributed by atoms with Crippen molar-refractivity contribution >= 4 is 40.7 Å². The van der Waals surface area contributed by atoms with Gasteiger partial charge in [-0.15, -0.1) is 0 Å². The highest BCUT2D eigenvalue weighted by Gasteiger charge is 2.44. The molecule has 2 aliphatic heterocycles. The highest BCUT2D eigenvalue weighted by Crippen LogP contribution is 2.40. The van der Waals surface area contributed by atoms with E-state index in [1.807, 2.05) is 15.5 Å². The third-order valence-electron chi connectivity index (χ3n) is 5.80. The van der Waals surface area contributed by atoms with Gasteiger partial charge < -0.3 is 14.6 Å². The molecule has 3 atom stereocenters. The van der Waals surface area contributed by atoms with E-state index in [9.17, 15) is 9.59 Å². The fraction of sp³-hybridized carbons (Fsp3) is 0.429. The number of methoxy groups -OCH3 is 1. The number of alkyl halides is 3. The fourth-order valence-corrected chi connectivity index (χ4v) is 5.05. The van der Waals surface area contributed by atoms with Crippen LogP contribution in [-0.2, 0) is 6.54 Å². The lowest BCUT2D eigenvalue weighted by Gasteiger charge is -2.47. The molecule has 1 fully saturated rings. The number of aromatic nitrogens is 1. The van der Waals surface area contributed by atoms with Gasteiger partial charge in [0, 0.05) is 42.9 Å². The number of fused-ring (bicyclic) bond motifs is 4. The van der Waals surface area contributed by atoms with Crippen molar-refractivity contribution in [2.75, 3.05) is 20.2 Å². The number of likely N-dealkylation sites (tertiary alicyclic amines) is 1. The molecule has 1 aromatic heterocycles. The Labute approximate surface area is 189 Å². The van der Waals surface area contributed by atoms with Crippen molar-refractivity contribution in [3.63, 3.8) is 0 Å². The quantitative estimate of drug-likeness (QED) is 0.696. The van der Waals surface area contributed by atoms with Crippen LogP contribution < -0.4 is 15.6 Å². The lowest BCUT2D eigenvalue weighted by Crippen LogP contribution is -2.60. The summed E-state index contributed by atoms with van der Waals surface area (Å²) < 4.78 is 5.26. The Morgan fingerprint density at radius 2 is 1.87 bits per heavy atom. The van der Waals surface area contributed by atoms with Gasteiger partial charge in [-0.25, -0.2) is 0 Å². The van der Waals surface area contributed by atoms with Crippen molar-refractivity contribution in [2.24, 2.45) is 5.92 Å². The van der Waals surface area contributed by atoms with Gasteiger partial charge in [0.25, 0.3) is 11.5 Å². The number of piperidine rings is 1. The Morgan fingerprint density at radius 3 is 2.53 bits per heavy atom. The Bertz CT molecular complexity index is 987. The van der Waals surface area contributed by atoms with Crippen LogP contribution >= 0.6 is 34.8 Å². The summed E-state index contributed by atoms with van der Waals surface area (Å²) in [5.41, 5.74) is 1.46. The molecule has 2 bridgehead atoms. The van der Waals surface area contributed by atoms with E-state index in [4.69, 9.17) is 39.5 Å². The lowest BCUT2D eigenvalue weighted by molar-refractivity contribution is 0.0586. The maximum Gasteiger partial charge on any atom is 0.252 e. The summed E-state index contributed by atoms with van der Waals surface area (Å²) in [6.45, 7) is 1.83. The van der Waals surface area contributed by atoms with E-state index in [1.165, 1.54) is 0 Å². The molecule has 1 aromatic carbocycles. The second kappa shape index (κ2) is 8.42. The van der Waals surface area contributed by atoms with Crippen LogP contribution in [0.25, 0.3) is 0 Å². The number of ether oxygens (including phenoxy) is 1. The molecule has 1 N–H and O–H groups in total. The Balaban J connectivity index is 1.56. The van der Waals surface area contributed by atoms with Crippen LogP contribution in [0, 0.1) is 5.92 Å². The van der Waals surface area contributed by atoms with E-state index in [0.29, 0.717) is 30.9 Å². The van der Waals surface area contributed by atoms with Gasteiger partial charge in [0.15, 0.2) is 0 Å². The molecular weight excluding hydrogens is 449 g/mol. The van der Waals surface area contributed by atoms with Crippen LogP contribution in [0.2, 0.25) is 0 Å². The second-order valence-corrected chi connectivity index (χ2v) is 10.2. The van der Waals surface area contributed by atoms with Gasteiger partial charge in [-0.05, 0) is 42.7 Å². The predicted octanol–water partition coefficient (Wildman–Crippen LogP) is 3.40. The molecule has 30 heavy (non-hydrogen) atoms. The minimum absolute atomic E-state index is 0.0152. The molecule has 160 valence electrons. The SMILES string of the molecule is COc1ccc(C(=O)N[C@@H](N2C[C@@H]3C[C@H](C2)c2cccc(=O)n2C3)C(Cl)(Cl)Cl)cc1. The number of halogens is 3. The highest BCUT2D eigenvalue weighted by molar-refractivity contribution is 6.68. The Morgan fingerprint density at radius 1 is 1.13 bits per heavy atom. The fourth-order valence-electron chi connectivity index (χ4n) is 4.47. The van der Waals surface area contributed by atoms with Crippen LogP contribution in [0.4, 0.5) is 0 Å². The zero-order valence-corrected chi connectivity index (χ0v) is 18.6. The Hall–Kier alpha value is -1.73. The Kier molecular flexibility index (Phi) is 6.04. The molecule has 2 aliphatic rings. The second-order valence-electron chi connectivity index (χ2n) is 7.80. The number of nitrogens with one attached hydrogen (secondary N) is 1. The van der Waals surface area contributed by atoms with Crippen molar-refractivity contribution in [3.05, 3.63) is 64.1 Å². The normalized spacial score (nSPS) is 22.1. The van der Waals surface area contributed by atoms with Crippen LogP contribution in [-0.4, -0.2) is 45.5 Å². The van der Waals surface area contributed by atoms with Gasteiger partial charge in [0.1, 0.15) is 11.9 Å². The molecule has 1 amide bonds. The first kappa shape index (κ1) is 21.5. The topological polar surface area (TPSA) is 63.6 Å². The summed E-state index contributed by atoms with van der Waals surface area (Å²) in [6, 6.07) is 12.1. The molecule has 1 saturated heterocycles. The number of pyridine rings is 1. The minimum Gasteiger partial charge on any atom is -0.497 e. The number of hydrogen-bond donors (Lipinski definition) is 1. The van der Waals surface area contributed by atoms with Gasteiger partial charge in [-0.1, -0.05) is 40.9 Å². The summed E-state index contributed by atoms with van der Waals surface area (Å²) in [5.74, 6) is 0.701. The highest BCUT2D eigenvalue weighted by atomic mass is 35.6. The number of carbonyl (C=O) groups is 1. The molecule has 4 rings (SSSR count). The number of nitrogens with zero attached hydrogens (tertiary/aromatic N) is 2. The first-order valence-electron chi connectivity index (χ1n) is 9.71. The van der Waals surface area contributed by atoms with Gasteiger partial charge in [0.05, 0.1) is 7.11 Å². The summed E-state index contributed by atoms with van der Waals surface area (Å²) in [4.78, 5) is 27.1. The van der Waals surface area contributed by atoms with Crippen LogP contribution in [0.5, 0.6) is 5.75 Å². The standard InChI is InChI=1S/C21H22Cl3N3O3/c1-30-16-7-5-14(6-8-16)19(29)25-20(21(22,23)24)26-10-13-9-15(12-26)17-3-2-4-18(28)27(17)11-13/h2-8,13,15,20H,9-12H2,1H3,(H,25,29)/t13-,15+,20-/m0/s1. The molecule has 0 radical (unpaired) electrons.